The minimum Gasteiger partial charge on any atom is -0.472 e. The Bertz CT molecular complexity index is 542. The van der Waals surface area contributed by atoms with Gasteiger partial charge in [0.2, 0.25) is 0 Å². The number of rotatable bonds is 5. The van der Waals surface area contributed by atoms with Gasteiger partial charge in [-0.2, -0.15) is 0 Å². The fourth-order valence-corrected chi connectivity index (χ4v) is 2.81. The summed E-state index contributed by atoms with van der Waals surface area (Å²) in [7, 11) is 0. The monoisotopic (exact) mass is 288 g/mol. The quantitative estimate of drug-likeness (QED) is 0.919. The zero-order valence-electron chi connectivity index (χ0n) is 12.0. The number of likely N-dealkylation sites (tertiary alicyclic amines) is 1. The van der Waals surface area contributed by atoms with E-state index < -0.39 is 0 Å². The fourth-order valence-electron chi connectivity index (χ4n) is 2.81. The molecule has 1 fully saturated rings. The van der Waals surface area contributed by atoms with Crippen LogP contribution in [0.3, 0.4) is 0 Å². The molecule has 0 aromatic carbocycles. The van der Waals surface area contributed by atoms with Crippen molar-refractivity contribution in [3.05, 3.63) is 48.3 Å². The van der Waals surface area contributed by atoms with E-state index in [0.29, 0.717) is 12.1 Å². The van der Waals surface area contributed by atoms with Crippen LogP contribution in [0, 0.1) is 0 Å². The Hall–Kier alpha value is -2.01. The lowest BCUT2D eigenvalue weighted by Crippen LogP contribution is -2.40. The maximum absolute atomic E-state index is 12.0. The summed E-state index contributed by atoms with van der Waals surface area (Å²) in [4.78, 5) is 14.4. The zero-order chi connectivity index (χ0) is 14.5. The second kappa shape index (κ2) is 6.63. The maximum Gasteiger partial charge on any atom is 0.254 e. The number of carbonyl (C=O) groups excluding carboxylic acids is 1. The van der Waals surface area contributed by atoms with Gasteiger partial charge in [0, 0.05) is 6.54 Å². The van der Waals surface area contributed by atoms with Crippen LogP contribution < -0.4 is 5.32 Å². The number of nitrogens with one attached hydrogen (secondary N) is 1. The Morgan fingerprint density at radius 3 is 2.76 bits per heavy atom. The second-order valence-electron chi connectivity index (χ2n) is 5.35. The summed E-state index contributed by atoms with van der Waals surface area (Å²) >= 11 is 0. The van der Waals surface area contributed by atoms with E-state index in [0.717, 1.165) is 18.8 Å². The standard InChI is InChI=1S/C16H20N2O3/c19-16(13-6-10-20-12-13)17-11-14(15-5-4-9-21-15)18-7-2-1-3-8-18/h4-6,9-10,12,14H,1-3,7-8,11H2,(H,17,19)/t14-/m1/s1. The molecule has 0 aliphatic carbocycles. The highest BCUT2D eigenvalue weighted by atomic mass is 16.3. The Labute approximate surface area is 123 Å². The van der Waals surface area contributed by atoms with Crippen molar-refractivity contribution in [2.75, 3.05) is 19.6 Å². The number of hydrogen-bond acceptors (Lipinski definition) is 4. The summed E-state index contributed by atoms with van der Waals surface area (Å²) in [5.74, 6) is 0.793. The number of piperidine rings is 1. The van der Waals surface area contributed by atoms with Gasteiger partial charge in [0.25, 0.3) is 5.91 Å². The molecule has 2 aromatic heterocycles. The van der Waals surface area contributed by atoms with E-state index in [-0.39, 0.29) is 11.9 Å². The van der Waals surface area contributed by atoms with Crippen molar-refractivity contribution in [2.24, 2.45) is 0 Å². The largest absolute Gasteiger partial charge is 0.472 e. The molecule has 112 valence electrons. The van der Waals surface area contributed by atoms with Gasteiger partial charge in [-0.25, -0.2) is 0 Å². The third-order valence-electron chi connectivity index (χ3n) is 3.94. The number of nitrogens with zero attached hydrogens (tertiary/aromatic N) is 1. The highest BCUT2D eigenvalue weighted by molar-refractivity contribution is 5.93. The first kappa shape index (κ1) is 13.9. The highest BCUT2D eigenvalue weighted by Crippen LogP contribution is 2.24. The lowest BCUT2D eigenvalue weighted by molar-refractivity contribution is 0.0913. The molecule has 21 heavy (non-hydrogen) atoms. The van der Waals surface area contributed by atoms with Crippen molar-refractivity contribution in [1.29, 1.82) is 0 Å². The van der Waals surface area contributed by atoms with Crippen molar-refractivity contribution in [1.82, 2.24) is 10.2 Å². The third kappa shape index (κ3) is 3.36. The average molecular weight is 288 g/mol. The van der Waals surface area contributed by atoms with Gasteiger partial charge in [-0.05, 0) is 44.1 Å². The van der Waals surface area contributed by atoms with Crippen LogP contribution in [0.4, 0.5) is 0 Å². The molecular formula is C16H20N2O3. The van der Waals surface area contributed by atoms with E-state index in [1.807, 2.05) is 12.1 Å². The van der Waals surface area contributed by atoms with Crippen LogP contribution in [0.15, 0.2) is 45.8 Å². The molecule has 5 heteroatoms. The molecule has 3 rings (SSSR count). The fraction of sp³-hybridized carbons (Fsp3) is 0.438. The van der Waals surface area contributed by atoms with E-state index in [2.05, 4.69) is 10.2 Å². The maximum atomic E-state index is 12.0. The van der Waals surface area contributed by atoms with Crippen molar-refractivity contribution >= 4 is 5.91 Å². The van der Waals surface area contributed by atoms with Crippen LogP contribution in [0.5, 0.6) is 0 Å². The van der Waals surface area contributed by atoms with Gasteiger partial charge in [-0.15, -0.1) is 0 Å². The second-order valence-corrected chi connectivity index (χ2v) is 5.35. The molecule has 2 aromatic rings. The zero-order valence-corrected chi connectivity index (χ0v) is 12.0. The van der Waals surface area contributed by atoms with E-state index in [4.69, 9.17) is 8.83 Å². The van der Waals surface area contributed by atoms with E-state index in [1.54, 1.807) is 12.3 Å². The first-order chi connectivity index (χ1) is 10.3. The predicted octanol–water partition coefficient (Wildman–Crippen LogP) is 2.83. The van der Waals surface area contributed by atoms with Crippen LogP contribution in [-0.4, -0.2) is 30.4 Å². The Morgan fingerprint density at radius 2 is 2.10 bits per heavy atom. The number of carbonyl (C=O) groups is 1. The van der Waals surface area contributed by atoms with Crippen molar-refractivity contribution in [3.63, 3.8) is 0 Å². The number of furan rings is 2. The van der Waals surface area contributed by atoms with E-state index in [9.17, 15) is 4.79 Å². The first-order valence-corrected chi connectivity index (χ1v) is 7.42. The molecule has 0 saturated carbocycles. The summed E-state index contributed by atoms with van der Waals surface area (Å²) in [5.41, 5.74) is 0.548. The number of hydrogen-bond donors (Lipinski definition) is 1. The summed E-state index contributed by atoms with van der Waals surface area (Å²) < 4.78 is 10.5. The molecule has 1 aliphatic rings. The normalized spacial score (nSPS) is 17.5. The van der Waals surface area contributed by atoms with Gasteiger partial charge in [-0.3, -0.25) is 9.69 Å². The van der Waals surface area contributed by atoms with Crippen LogP contribution in [0.25, 0.3) is 0 Å². The van der Waals surface area contributed by atoms with Gasteiger partial charge < -0.3 is 14.2 Å². The minimum absolute atomic E-state index is 0.0937. The summed E-state index contributed by atoms with van der Waals surface area (Å²) in [6.07, 6.45) is 8.33. The van der Waals surface area contributed by atoms with Crippen LogP contribution >= 0.6 is 0 Å². The molecule has 0 bridgehead atoms. The van der Waals surface area contributed by atoms with E-state index >= 15 is 0 Å². The minimum atomic E-state index is -0.114. The lowest BCUT2D eigenvalue weighted by Gasteiger charge is -2.33. The molecule has 1 saturated heterocycles. The molecule has 5 nitrogen and oxygen atoms in total. The topological polar surface area (TPSA) is 58.6 Å². The van der Waals surface area contributed by atoms with Crippen molar-refractivity contribution in [3.8, 4) is 0 Å². The summed E-state index contributed by atoms with van der Waals surface area (Å²) in [6, 6.07) is 5.63. The molecule has 3 heterocycles. The predicted molar refractivity (Wildman–Crippen MR) is 77.9 cm³/mol. The summed E-state index contributed by atoms with van der Waals surface area (Å²) in [5, 5.41) is 2.97. The van der Waals surface area contributed by atoms with Gasteiger partial charge in [0.15, 0.2) is 0 Å². The average Bonchev–Trinajstić information content (AvgIpc) is 3.22. The van der Waals surface area contributed by atoms with Gasteiger partial charge >= 0.3 is 0 Å². The Kier molecular flexibility index (Phi) is 4.40. The van der Waals surface area contributed by atoms with Crippen LogP contribution in [-0.2, 0) is 0 Å². The van der Waals surface area contributed by atoms with Gasteiger partial charge in [0.05, 0.1) is 24.1 Å². The van der Waals surface area contributed by atoms with Crippen LogP contribution in [0.1, 0.15) is 41.4 Å². The van der Waals surface area contributed by atoms with Gasteiger partial charge in [0.1, 0.15) is 12.0 Å². The molecule has 1 atom stereocenters. The third-order valence-corrected chi connectivity index (χ3v) is 3.94. The molecule has 1 amide bonds. The molecular weight excluding hydrogens is 268 g/mol. The van der Waals surface area contributed by atoms with Gasteiger partial charge in [-0.1, -0.05) is 6.42 Å². The van der Waals surface area contributed by atoms with Crippen molar-refractivity contribution < 1.29 is 13.6 Å². The lowest BCUT2D eigenvalue weighted by atomic mass is 10.1. The number of amides is 1. The molecule has 0 unspecified atom stereocenters. The molecule has 1 N–H and O–H groups in total. The first-order valence-electron chi connectivity index (χ1n) is 7.42. The smallest absolute Gasteiger partial charge is 0.254 e. The Balaban J connectivity index is 1.66. The van der Waals surface area contributed by atoms with Crippen LogP contribution in [0.2, 0.25) is 0 Å². The van der Waals surface area contributed by atoms with E-state index in [1.165, 1.54) is 31.8 Å². The highest BCUT2D eigenvalue weighted by Gasteiger charge is 2.25. The molecule has 0 radical (unpaired) electrons. The Morgan fingerprint density at radius 1 is 1.24 bits per heavy atom. The molecule has 1 aliphatic heterocycles. The summed E-state index contributed by atoms with van der Waals surface area (Å²) in [6.45, 7) is 2.64. The SMILES string of the molecule is O=C(NC[C@H](c1ccco1)N1CCCCC1)c1ccoc1. The molecule has 0 spiro atoms. The van der Waals surface area contributed by atoms with Crippen molar-refractivity contribution in [2.45, 2.75) is 25.3 Å².